The topological polar surface area (TPSA) is 106 Å². The number of rotatable bonds is 4. The van der Waals surface area contributed by atoms with Crippen molar-refractivity contribution in [3.8, 4) is 11.5 Å². The highest BCUT2D eigenvalue weighted by Crippen LogP contribution is 2.32. The summed E-state index contributed by atoms with van der Waals surface area (Å²) in [5.41, 5.74) is 2.24. The first-order chi connectivity index (χ1) is 13.9. The Morgan fingerprint density at radius 1 is 1.03 bits per heavy atom. The summed E-state index contributed by atoms with van der Waals surface area (Å²) in [6.07, 6.45) is 1.57. The fraction of sp³-hybridized carbons (Fsp3) is 0.286. The largest absolute Gasteiger partial charge is 0.497 e. The van der Waals surface area contributed by atoms with Crippen molar-refractivity contribution in [3.05, 3.63) is 53.1 Å². The molecule has 0 bridgehead atoms. The van der Waals surface area contributed by atoms with E-state index in [0.29, 0.717) is 42.0 Å². The number of carbonyl (C=O) groups is 3. The van der Waals surface area contributed by atoms with Crippen molar-refractivity contribution in [1.29, 1.82) is 0 Å². The van der Waals surface area contributed by atoms with Crippen molar-refractivity contribution in [2.45, 2.75) is 24.8 Å². The van der Waals surface area contributed by atoms with Crippen LogP contribution >= 0.6 is 0 Å². The SMILES string of the molecule is COc1cc(OC)cc(C(=O)Nc2ccc3c(c2)CCC2(C3)NC(=O)NC2=O)c1. The molecular weight excluding hydrogens is 374 g/mol. The van der Waals surface area contributed by atoms with E-state index in [0.717, 1.165) is 11.1 Å². The van der Waals surface area contributed by atoms with E-state index in [9.17, 15) is 14.4 Å². The van der Waals surface area contributed by atoms with Gasteiger partial charge in [0, 0.05) is 23.7 Å². The second-order valence-electron chi connectivity index (χ2n) is 7.21. The number of hydrogen-bond donors (Lipinski definition) is 3. The number of urea groups is 1. The smallest absolute Gasteiger partial charge is 0.322 e. The van der Waals surface area contributed by atoms with Gasteiger partial charge in [-0.25, -0.2) is 4.79 Å². The van der Waals surface area contributed by atoms with Crippen LogP contribution in [0.5, 0.6) is 11.5 Å². The van der Waals surface area contributed by atoms with Crippen LogP contribution in [0.2, 0.25) is 0 Å². The number of ether oxygens (including phenoxy) is 2. The fourth-order valence-electron chi connectivity index (χ4n) is 3.84. The molecule has 4 rings (SSSR count). The van der Waals surface area contributed by atoms with Crippen LogP contribution in [0.1, 0.15) is 27.9 Å². The average molecular weight is 395 g/mol. The van der Waals surface area contributed by atoms with E-state index >= 15 is 0 Å². The number of amides is 4. The third kappa shape index (κ3) is 3.49. The number of nitrogens with one attached hydrogen (secondary N) is 3. The van der Waals surface area contributed by atoms with Crippen molar-refractivity contribution < 1.29 is 23.9 Å². The van der Waals surface area contributed by atoms with Crippen molar-refractivity contribution in [3.63, 3.8) is 0 Å². The van der Waals surface area contributed by atoms with Crippen molar-refractivity contribution >= 4 is 23.5 Å². The van der Waals surface area contributed by atoms with Gasteiger partial charge in [-0.1, -0.05) is 6.07 Å². The lowest BCUT2D eigenvalue weighted by atomic mass is 9.78. The molecule has 1 saturated heterocycles. The monoisotopic (exact) mass is 395 g/mol. The van der Waals surface area contributed by atoms with E-state index in [1.165, 1.54) is 14.2 Å². The van der Waals surface area contributed by atoms with Gasteiger partial charge in [0.05, 0.1) is 14.2 Å². The summed E-state index contributed by atoms with van der Waals surface area (Å²) in [5.74, 6) is 0.499. The molecule has 8 heteroatoms. The average Bonchev–Trinajstić information content (AvgIpc) is 2.99. The molecule has 1 heterocycles. The highest BCUT2D eigenvalue weighted by atomic mass is 16.5. The van der Waals surface area contributed by atoms with Crippen LogP contribution in [-0.4, -0.2) is 37.6 Å². The third-order valence-corrected chi connectivity index (χ3v) is 5.41. The Labute approximate surface area is 167 Å². The summed E-state index contributed by atoms with van der Waals surface area (Å²) >= 11 is 0. The predicted molar refractivity (Wildman–Crippen MR) is 105 cm³/mol. The molecule has 1 unspecified atom stereocenters. The van der Waals surface area contributed by atoms with Gasteiger partial charge in [-0.15, -0.1) is 0 Å². The van der Waals surface area contributed by atoms with Crippen molar-refractivity contribution in [2.24, 2.45) is 0 Å². The number of fused-ring (bicyclic) bond motifs is 1. The lowest BCUT2D eigenvalue weighted by Crippen LogP contribution is -2.51. The zero-order valence-electron chi connectivity index (χ0n) is 16.1. The number of anilines is 1. The molecule has 0 saturated carbocycles. The van der Waals surface area contributed by atoms with Crippen LogP contribution in [0, 0.1) is 0 Å². The van der Waals surface area contributed by atoms with E-state index in [-0.39, 0.29) is 11.8 Å². The van der Waals surface area contributed by atoms with Gasteiger partial charge in [0.15, 0.2) is 0 Å². The first-order valence-electron chi connectivity index (χ1n) is 9.22. The normalized spacial score (nSPS) is 19.9. The molecule has 29 heavy (non-hydrogen) atoms. The molecule has 1 aliphatic carbocycles. The molecule has 2 aliphatic rings. The number of carbonyl (C=O) groups excluding carboxylic acids is 3. The molecule has 0 aromatic heterocycles. The van der Waals surface area contributed by atoms with Gasteiger partial charge in [-0.3, -0.25) is 14.9 Å². The predicted octanol–water partition coefficient (Wildman–Crippen LogP) is 2.02. The highest BCUT2D eigenvalue weighted by Gasteiger charge is 2.47. The minimum atomic E-state index is -0.869. The molecule has 1 spiro atoms. The highest BCUT2D eigenvalue weighted by molar-refractivity contribution is 6.07. The van der Waals surface area contributed by atoms with Crippen LogP contribution in [0.15, 0.2) is 36.4 Å². The zero-order chi connectivity index (χ0) is 20.6. The van der Waals surface area contributed by atoms with Gasteiger partial charge in [0.2, 0.25) is 0 Å². The van der Waals surface area contributed by atoms with Gasteiger partial charge >= 0.3 is 6.03 Å². The lowest BCUT2D eigenvalue weighted by molar-refractivity contribution is -0.124. The summed E-state index contributed by atoms with van der Waals surface area (Å²) in [7, 11) is 3.06. The summed E-state index contributed by atoms with van der Waals surface area (Å²) in [6, 6.07) is 10.1. The van der Waals surface area contributed by atoms with Gasteiger partial charge in [0.1, 0.15) is 17.0 Å². The Bertz CT molecular complexity index is 997. The minimum Gasteiger partial charge on any atom is -0.497 e. The van der Waals surface area contributed by atoms with Gasteiger partial charge < -0.3 is 20.1 Å². The van der Waals surface area contributed by atoms with E-state index < -0.39 is 11.6 Å². The Kier molecular flexibility index (Phi) is 4.62. The van der Waals surface area contributed by atoms with Gasteiger partial charge in [0.25, 0.3) is 11.8 Å². The standard InChI is InChI=1S/C21H21N3O5/c1-28-16-8-14(9-17(10-16)29-2)18(25)22-15-4-3-13-11-21(6-5-12(13)7-15)19(26)23-20(27)24-21/h3-4,7-10H,5-6,11H2,1-2H3,(H,22,25)(H2,23,24,26,27). The molecular formula is C21H21N3O5. The number of aryl methyl sites for hydroxylation is 1. The van der Waals surface area contributed by atoms with E-state index in [1.807, 2.05) is 12.1 Å². The summed E-state index contributed by atoms with van der Waals surface area (Å²) in [4.78, 5) is 36.4. The van der Waals surface area contributed by atoms with E-state index in [4.69, 9.17) is 9.47 Å². The van der Waals surface area contributed by atoms with Crippen molar-refractivity contribution in [1.82, 2.24) is 10.6 Å². The Morgan fingerprint density at radius 2 is 1.76 bits per heavy atom. The molecule has 150 valence electrons. The Hall–Kier alpha value is -3.55. The second-order valence-corrected chi connectivity index (χ2v) is 7.21. The summed E-state index contributed by atoms with van der Waals surface area (Å²) in [5, 5.41) is 7.96. The molecule has 1 fully saturated rings. The maximum absolute atomic E-state index is 12.7. The maximum atomic E-state index is 12.7. The third-order valence-electron chi connectivity index (χ3n) is 5.41. The van der Waals surface area contributed by atoms with Crippen LogP contribution in [0.3, 0.4) is 0 Å². The minimum absolute atomic E-state index is 0.280. The van der Waals surface area contributed by atoms with Crippen LogP contribution in [-0.2, 0) is 17.6 Å². The first kappa shape index (κ1) is 18.8. The molecule has 1 atom stereocenters. The zero-order valence-corrected chi connectivity index (χ0v) is 16.1. The quantitative estimate of drug-likeness (QED) is 0.687. The van der Waals surface area contributed by atoms with Crippen LogP contribution in [0.25, 0.3) is 0 Å². The lowest BCUT2D eigenvalue weighted by Gasteiger charge is -2.32. The number of imide groups is 1. The molecule has 2 aromatic carbocycles. The molecule has 3 N–H and O–H groups in total. The summed E-state index contributed by atoms with van der Waals surface area (Å²) < 4.78 is 10.4. The van der Waals surface area contributed by atoms with Gasteiger partial charge in [-0.05, 0) is 48.2 Å². The maximum Gasteiger partial charge on any atom is 0.322 e. The molecule has 0 radical (unpaired) electrons. The molecule has 4 amide bonds. The number of hydrogen-bond acceptors (Lipinski definition) is 5. The van der Waals surface area contributed by atoms with Crippen molar-refractivity contribution in [2.75, 3.05) is 19.5 Å². The van der Waals surface area contributed by atoms with Crippen LogP contribution < -0.4 is 25.4 Å². The number of benzene rings is 2. The Balaban J connectivity index is 1.53. The molecule has 8 nitrogen and oxygen atoms in total. The van der Waals surface area contributed by atoms with Gasteiger partial charge in [-0.2, -0.15) is 0 Å². The summed E-state index contributed by atoms with van der Waals surface area (Å²) in [6.45, 7) is 0. The van der Waals surface area contributed by atoms with Crippen LogP contribution in [0.4, 0.5) is 10.5 Å². The Morgan fingerprint density at radius 3 is 2.38 bits per heavy atom. The van der Waals surface area contributed by atoms with E-state index in [2.05, 4.69) is 16.0 Å². The second kappa shape index (κ2) is 7.12. The fourth-order valence-corrected chi connectivity index (χ4v) is 3.84. The number of methoxy groups -OCH3 is 2. The first-order valence-corrected chi connectivity index (χ1v) is 9.22. The molecule has 2 aromatic rings. The van der Waals surface area contributed by atoms with E-state index in [1.54, 1.807) is 24.3 Å². The molecule has 1 aliphatic heterocycles.